The predicted octanol–water partition coefficient (Wildman–Crippen LogP) is 5.59. The average molecular weight is 608 g/mol. The van der Waals surface area contributed by atoms with Crippen molar-refractivity contribution in [2.75, 3.05) is 26.1 Å². The van der Waals surface area contributed by atoms with E-state index in [-0.39, 0.29) is 11.5 Å². The number of thioether (sulfide) groups is 1. The van der Waals surface area contributed by atoms with Crippen molar-refractivity contribution in [2.24, 2.45) is 0 Å². The predicted molar refractivity (Wildman–Crippen MR) is 150 cm³/mol. The van der Waals surface area contributed by atoms with E-state index in [4.69, 9.17) is 19.5 Å². The monoisotopic (exact) mass is 607 g/mol. The van der Waals surface area contributed by atoms with Gasteiger partial charge in [0.25, 0.3) is 11.1 Å². The van der Waals surface area contributed by atoms with Gasteiger partial charge in [-0.2, -0.15) is 5.26 Å². The summed E-state index contributed by atoms with van der Waals surface area (Å²) in [6.45, 7) is -0.166. The Morgan fingerprint density at radius 2 is 1.79 bits per heavy atom. The number of hydrogen-bond acceptors (Lipinski definition) is 8. The number of rotatable bonds is 9. The van der Waals surface area contributed by atoms with Gasteiger partial charge < -0.3 is 19.5 Å². The molecule has 1 N–H and O–H groups in total. The van der Waals surface area contributed by atoms with Gasteiger partial charge >= 0.3 is 0 Å². The van der Waals surface area contributed by atoms with Gasteiger partial charge in [0.15, 0.2) is 11.5 Å². The van der Waals surface area contributed by atoms with Crippen molar-refractivity contribution in [2.45, 2.75) is 6.61 Å². The lowest BCUT2D eigenvalue weighted by molar-refractivity contribution is -0.127. The van der Waals surface area contributed by atoms with Gasteiger partial charge in [0.05, 0.1) is 35.2 Å². The highest BCUT2D eigenvalue weighted by molar-refractivity contribution is 9.10. The average Bonchev–Trinajstić information content (AvgIpc) is 3.19. The fourth-order valence-electron chi connectivity index (χ4n) is 3.60. The molecule has 0 saturated carbocycles. The summed E-state index contributed by atoms with van der Waals surface area (Å²) in [6.07, 6.45) is 1.56. The lowest BCUT2D eigenvalue weighted by Crippen LogP contribution is -2.36. The number of benzene rings is 3. The second-order valence-corrected chi connectivity index (χ2v) is 10.0. The van der Waals surface area contributed by atoms with Crippen molar-refractivity contribution < 1.29 is 28.6 Å². The quantitative estimate of drug-likeness (QED) is 0.313. The van der Waals surface area contributed by atoms with E-state index in [1.165, 1.54) is 14.2 Å². The molecule has 0 bridgehead atoms. The van der Waals surface area contributed by atoms with Gasteiger partial charge in [0.1, 0.15) is 18.9 Å². The first kappa shape index (κ1) is 27.8. The smallest absolute Gasteiger partial charge is 0.294 e. The van der Waals surface area contributed by atoms with Crippen LogP contribution < -0.4 is 19.5 Å². The van der Waals surface area contributed by atoms with Crippen LogP contribution in [0.4, 0.5) is 10.5 Å². The summed E-state index contributed by atoms with van der Waals surface area (Å²) in [5.41, 5.74) is 2.54. The zero-order valence-corrected chi connectivity index (χ0v) is 23.3. The molecule has 1 aliphatic heterocycles. The molecule has 0 radical (unpaired) electrons. The highest BCUT2D eigenvalue weighted by atomic mass is 79.9. The van der Waals surface area contributed by atoms with Crippen LogP contribution in [0, 0.1) is 11.3 Å². The number of imide groups is 1. The van der Waals surface area contributed by atoms with Gasteiger partial charge in [0, 0.05) is 5.69 Å². The summed E-state index contributed by atoms with van der Waals surface area (Å²) in [4.78, 5) is 39.0. The van der Waals surface area contributed by atoms with Crippen molar-refractivity contribution in [1.29, 1.82) is 5.26 Å². The first-order valence-corrected chi connectivity index (χ1v) is 13.1. The summed E-state index contributed by atoms with van der Waals surface area (Å²) in [5, 5.41) is 11.1. The molecule has 1 fully saturated rings. The molecule has 4 rings (SSSR count). The van der Waals surface area contributed by atoms with E-state index in [1.54, 1.807) is 66.7 Å². The molecule has 198 valence electrons. The van der Waals surface area contributed by atoms with Crippen molar-refractivity contribution in [1.82, 2.24) is 4.90 Å². The van der Waals surface area contributed by atoms with Crippen LogP contribution in [0.5, 0.6) is 17.2 Å². The maximum Gasteiger partial charge on any atom is 0.294 e. The van der Waals surface area contributed by atoms with Crippen LogP contribution in [0.15, 0.2) is 70.0 Å². The van der Waals surface area contributed by atoms with Gasteiger partial charge in [-0.15, -0.1) is 0 Å². The molecule has 3 aromatic carbocycles. The molecule has 0 spiro atoms. The topological polar surface area (TPSA) is 118 Å². The van der Waals surface area contributed by atoms with Gasteiger partial charge in [-0.25, -0.2) is 0 Å². The minimum Gasteiger partial charge on any atom is -0.497 e. The maximum atomic E-state index is 12.9. The lowest BCUT2D eigenvalue weighted by Gasteiger charge is -2.14. The number of halogens is 1. The van der Waals surface area contributed by atoms with E-state index >= 15 is 0 Å². The molecule has 0 unspecified atom stereocenters. The third kappa shape index (κ3) is 6.79. The summed E-state index contributed by atoms with van der Waals surface area (Å²) in [5.74, 6) is 0.450. The molecule has 3 amide bonds. The van der Waals surface area contributed by atoms with E-state index in [1.807, 2.05) is 0 Å². The maximum absolute atomic E-state index is 12.9. The molecule has 0 aliphatic carbocycles. The molecular weight excluding hydrogens is 586 g/mol. The number of nitrogens with zero attached hydrogens (tertiary/aromatic N) is 2. The largest absolute Gasteiger partial charge is 0.497 e. The fraction of sp³-hybridized carbons (Fsp3) is 0.143. The number of anilines is 1. The van der Waals surface area contributed by atoms with Gasteiger partial charge in [-0.3, -0.25) is 19.3 Å². The van der Waals surface area contributed by atoms with E-state index in [0.29, 0.717) is 38.5 Å². The highest BCUT2D eigenvalue weighted by Gasteiger charge is 2.36. The number of carbonyl (C=O) groups excluding carboxylic acids is 3. The van der Waals surface area contributed by atoms with Crippen molar-refractivity contribution in [3.63, 3.8) is 0 Å². The molecule has 3 aromatic rings. The third-order valence-corrected chi connectivity index (χ3v) is 7.06. The molecule has 1 heterocycles. The van der Waals surface area contributed by atoms with Crippen molar-refractivity contribution in [3.8, 4) is 23.3 Å². The van der Waals surface area contributed by atoms with Crippen LogP contribution in [0.2, 0.25) is 0 Å². The second kappa shape index (κ2) is 12.5. The number of nitriles is 1. The van der Waals surface area contributed by atoms with Gasteiger partial charge in [-0.1, -0.05) is 12.1 Å². The van der Waals surface area contributed by atoms with Gasteiger partial charge in [0.2, 0.25) is 5.91 Å². The Morgan fingerprint density at radius 3 is 2.44 bits per heavy atom. The highest BCUT2D eigenvalue weighted by Crippen LogP contribution is 2.39. The van der Waals surface area contributed by atoms with Gasteiger partial charge in [-0.05, 0) is 93.4 Å². The number of amides is 3. The van der Waals surface area contributed by atoms with Crippen molar-refractivity contribution >= 4 is 56.5 Å². The molecule has 1 aliphatic rings. The number of nitrogens with one attached hydrogen (secondary N) is 1. The molecular formula is C28H22BrN3O6S. The van der Waals surface area contributed by atoms with E-state index < -0.39 is 23.6 Å². The molecule has 1 saturated heterocycles. The zero-order chi connectivity index (χ0) is 27.9. The number of carbonyl (C=O) groups is 3. The minimum atomic E-state index is -0.564. The van der Waals surface area contributed by atoms with E-state index in [9.17, 15) is 14.4 Å². The van der Waals surface area contributed by atoms with Crippen LogP contribution in [0.3, 0.4) is 0 Å². The fourth-order valence-corrected chi connectivity index (χ4v) is 5.01. The Morgan fingerprint density at radius 1 is 1.08 bits per heavy atom. The van der Waals surface area contributed by atoms with Crippen LogP contribution in [-0.2, 0) is 16.2 Å². The minimum absolute atomic E-state index is 0.178. The van der Waals surface area contributed by atoms with Crippen LogP contribution in [-0.4, -0.2) is 42.7 Å². The second-order valence-electron chi connectivity index (χ2n) is 8.18. The molecule has 11 heteroatoms. The zero-order valence-electron chi connectivity index (χ0n) is 20.9. The molecule has 9 nitrogen and oxygen atoms in total. The first-order valence-electron chi connectivity index (χ1n) is 11.5. The Labute approximate surface area is 237 Å². The number of ether oxygens (including phenoxy) is 3. The Kier molecular flexibility index (Phi) is 8.91. The summed E-state index contributed by atoms with van der Waals surface area (Å²) in [6, 6.07) is 19.2. The number of methoxy groups -OCH3 is 2. The molecule has 0 aromatic heterocycles. The van der Waals surface area contributed by atoms with Crippen LogP contribution in [0.1, 0.15) is 16.7 Å². The summed E-state index contributed by atoms with van der Waals surface area (Å²) in [7, 11) is 3.03. The molecule has 0 atom stereocenters. The first-order chi connectivity index (χ1) is 18.8. The molecule has 39 heavy (non-hydrogen) atoms. The Hall–Kier alpha value is -4.27. The normalized spacial score (nSPS) is 13.8. The van der Waals surface area contributed by atoms with E-state index in [0.717, 1.165) is 22.2 Å². The standard InChI is InChI=1S/C28H22BrN3O6S/c1-36-21-9-7-20(8-10-21)31-25(33)15-32-27(34)24(39-28(32)35)13-19-11-22(29)26(23(12-19)37-2)38-16-18-5-3-17(14-30)4-6-18/h3-13H,15-16H2,1-2H3,(H,31,33)/b24-13+. The van der Waals surface area contributed by atoms with Crippen LogP contribution in [0.25, 0.3) is 6.08 Å². The van der Waals surface area contributed by atoms with Crippen LogP contribution >= 0.6 is 27.7 Å². The Balaban J connectivity index is 1.44. The van der Waals surface area contributed by atoms with E-state index in [2.05, 4.69) is 27.3 Å². The SMILES string of the molecule is COc1ccc(NC(=O)CN2C(=O)S/C(=C/c3cc(Br)c(OCc4ccc(C#N)cc4)c(OC)c3)C2=O)cc1. The number of hydrogen-bond donors (Lipinski definition) is 1. The third-order valence-electron chi connectivity index (χ3n) is 5.56. The summed E-state index contributed by atoms with van der Waals surface area (Å²) >= 11 is 4.25. The lowest BCUT2D eigenvalue weighted by atomic mass is 10.1. The Bertz CT molecular complexity index is 1480. The van der Waals surface area contributed by atoms with Crippen molar-refractivity contribution in [3.05, 3.63) is 86.7 Å². The summed E-state index contributed by atoms with van der Waals surface area (Å²) < 4.78 is 17.1.